The number of aryl methyl sites for hydroxylation is 3. The number of benzene rings is 1. The maximum absolute atomic E-state index is 12.3. The van der Waals surface area contributed by atoms with E-state index in [1.165, 1.54) is 23.5 Å². The molecule has 0 aromatic heterocycles. The van der Waals surface area contributed by atoms with Crippen molar-refractivity contribution in [1.82, 2.24) is 0 Å². The Hall–Kier alpha value is -0.460. The van der Waals surface area contributed by atoms with Crippen molar-refractivity contribution in [1.29, 1.82) is 0 Å². The summed E-state index contributed by atoms with van der Waals surface area (Å²) < 4.78 is 29.0. The predicted molar refractivity (Wildman–Crippen MR) is 82.3 cm³/mol. The number of thioether (sulfide) groups is 2. The number of hydrogen-bond acceptors (Lipinski definition) is 4. The second kappa shape index (κ2) is 6.12. The first-order valence-corrected chi connectivity index (χ1v) is 9.21. The van der Waals surface area contributed by atoms with Gasteiger partial charge in [-0.3, -0.25) is 0 Å². The van der Waals surface area contributed by atoms with Gasteiger partial charge in [0.15, 0.2) is 0 Å². The standard InChI is InChI=1S/C12H17NO2S3/c1-8-6-9(2)11(10(3)7-8)18(14,15)13-12(16-4)17-5/h6-7H,1-5H3. The van der Waals surface area contributed by atoms with Crippen LogP contribution < -0.4 is 0 Å². The van der Waals surface area contributed by atoms with Crippen LogP contribution in [0.25, 0.3) is 0 Å². The maximum atomic E-state index is 12.3. The maximum Gasteiger partial charge on any atom is 0.284 e. The number of sulfonamides is 1. The zero-order chi connectivity index (χ0) is 13.9. The van der Waals surface area contributed by atoms with Crippen molar-refractivity contribution in [3.05, 3.63) is 28.8 Å². The normalized spacial score (nSPS) is 11.4. The average Bonchev–Trinajstić information content (AvgIpc) is 2.23. The van der Waals surface area contributed by atoms with E-state index in [0.717, 1.165) is 16.7 Å². The lowest BCUT2D eigenvalue weighted by Gasteiger charge is -2.09. The highest BCUT2D eigenvalue weighted by molar-refractivity contribution is 8.38. The highest BCUT2D eigenvalue weighted by Gasteiger charge is 2.19. The lowest BCUT2D eigenvalue weighted by molar-refractivity contribution is 0.597. The molecule has 0 radical (unpaired) electrons. The minimum Gasteiger partial charge on any atom is -0.199 e. The van der Waals surface area contributed by atoms with Crippen molar-refractivity contribution in [3.63, 3.8) is 0 Å². The van der Waals surface area contributed by atoms with Gasteiger partial charge in [0.05, 0.1) is 4.90 Å². The average molecular weight is 303 g/mol. The zero-order valence-electron chi connectivity index (χ0n) is 11.1. The summed E-state index contributed by atoms with van der Waals surface area (Å²) in [6.07, 6.45) is 3.64. The van der Waals surface area contributed by atoms with Crippen LogP contribution in [0.1, 0.15) is 16.7 Å². The molecule has 100 valence electrons. The van der Waals surface area contributed by atoms with Gasteiger partial charge >= 0.3 is 0 Å². The molecule has 0 atom stereocenters. The molecule has 0 saturated heterocycles. The third kappa shape index (κ3) is 3.52. The van der Waals surface area contributed by atoms with Gasteiger partial charge in [0.2, 0.25) is 0 Å². The van der Waals surface area contributed by atoms with Crippen molar-refractivity contribution in [3.8, 4) is 0 Å². The van der Waals surface area contributed by atoms with Gasteiger partial charge in [-0.25, -0.2) is 0 Å². The lowest BCUT2D eigenvalue weighted by atomic mass is 10.1. The minimum absolute atomic E-state index is 0.328. The molecule has 0 N–H and O–H groups in total. The molecule has 3 nitrogen and oxygen atoms in total. The van der Waals surface area contributed by atoms with E-state index in [0.29, 0.717) is 9.27 Å². The van der Waals surface area contributed by atoms with Gasteiger partial charge in [0, 0.05) is 0 Å². The third-order valence-electron chi connectivity index (χ3n) is 2.41. The Balaban J connectivity index is 3.43. The van der Waals surface area contributed by atoms with Crippen LogP contribution in [0.5, 0.6) is 0 Å². The molecule has 0 fully saturated rings. The van der Waals surface area contributed by atoms with E-state index in [1.807, 2.05) is 31.6 Å². The SMILES string of the molecule is CSC(=NS(=O)(=O)c1c(C)cc(C)cc1C)SC. The van der Waals surface area contributed by atoms with Gasteiger partial charge < -0.3 is 0 Å². The van der Waals surface area contributed by atoms with Crippen molar-refractivity contribution in [2.45, 2.75) is 25.7 Å². The van der Waals surface area contributed by atoms with Crippen molar-refractivity contribution >= 4 is 37.9 Å². The first-order chi connectivity index (χ1) is 8.31. The smallest absolute Gasteiger partial charge is 0.199 e. The summed E-state index contributed by atoms with van der Waals surface area (Å²) >= 11 is 2.68. The van der Waals surface area contributed by atoms with Crippen LogP contribution in [0.15, 0.2) is 21.4 Å². The highest BCUT2D eigenvalue weighted by Crippen LogP contribution is 2.25. The number of rotatable bonds is 2. The van der Waals surface area contributed by atoms with Crippen LogP contribution in [0.3, 0.4) is 0 Å². The zero-order valence-corrected chi connectivity index (χ0v) is 13.6. The Morgan fingerprint density at radius 2 is 1.50 bits per heavy atom. The summed E-state index contributed by atoms with van der Waals surface area (Å²) in [4.78, 5) is 0.328. The molecule has 0 heterocycles. The fraction of sp³-hybridized carbons (Fsp3) is 0.417. The molecule has 1 aromatic carbocycles. The molecule has 0 amide bonds. The van der Waals surface area contributed by atoms with Gasteiger partial charge in [-0.2, -0.15) is 8.42 Å². The molecular formula is C12H17NO2S3. The summed E-state index contributed by atoms with van der Waals surface area (Å²) in [5, 5.41) is 0. The second-order valence-corrected chi connectivity index (χ2v) is 7.36. The Morgan fingerprint density at radius 1 is 1.06 bits per heavy atom. The topological polar surface area (TPSA) is 46.5 Å². The Kier molecular flexibility index (Phi) is 5.31. The first kappa shape index (κ1) is 15.6. The molecule has 0 aliphatic heterocycles. The van der Waals surface area contributed by atoms with Crippen LogP contribution in [0.2, 0.25) is 0 Å². The van der Waals surface area contributed by atoms with Crippen LogP contribution in [0.4, 0.5) is 0 Å². The fourth-order valence-electron chi connectivity index (χ4n) is 1.88. The van der Waals surface area contributed by atoms with Gasteiger partial charge in [-0.1, -0.05) is 17.7 Å². The van der Waals surface area contributed by atoms with Crippen molar-refractivity contribution in [2.24, 2.45) is 4.40 Å². The molecular weight excluding hydrogens is 286 g/mol. The van der Waals surface area contributed by atoms with Crippen LogP contribution in [-0.4, -0.2) is 25.3 Å². The summed E-state index contributed by atoms with van der Waals surface area (Å²) in [5.41, 5.74) is 2.55. The lowest BCUT2D eigenvalue weighted by Crippen LogP contribution is -2.05. The third-order valence-corrected chi connectivity index (χ3v) is 6.10. The second-order valence-electron chi connectivity index (χ2n) is 3.97. The largest absolute Gasteiger partial charge is 0.284 e. The molecule has 0 bridgehead atoms. The van der Waals surface area contributed by atoms with Gasteiger partial charge in [0.25, 0.3) is 10.0 Å². The minimum atomic E-state index is -3.62. The molecule has 0 aliphatic carbocycles. The summed E-state index contributed by atoms with van der Waals surface area (Å²) in [6, 6.07) is 3.74. The number of nitrogens with zero attached hydrogens (tertiary/aromatic N) is 1. The van der Waals surface area contributed by atoms with Gasteiger partial charge in [-0.05, 0) is 44.4 Å². The first-order valence-electron chi connectivity index (χ1n) is 5.32. The van der Waals surface area contributed by atoms with E-state index < -0.39 is 10.0 Å². The Morgan fingerprint density at radius 3 is 1.89 bits per heavy atom. The summed E-state index contributed by atoms with van der Waals surface area (Å²) in [5.74, 6) is 0. The molecule has 6 heteroatoms. The van der Waals surface area contributed by atoms with Crippen LogP contribution in [-0.2, 0) is 10.0 Å². The molecule has 0 saturated carbocycles. The summed E-state index contributed by atoms with van der Waals surface area (Å²) in [7, 11) is -3.62. The van der Waals surface area contributed by atoms with Gasteiger partial charge in [-0.15, -0.1) is 27.9 Å². The Bertz CT molecular complexity index is 548. The Labute approximate surface area is 118 Å². The summed E-state index contributed by atoms with van der Waals surface area (Å²) in [6.45, 7) is 5.56. The van der Waals surface area contributed by atoms with E-state index >= 15 is 0 Å². The van der Waals surface area contributed by atoms with E-state index in [-0.39, 0.29) is 0 Å². The van der Waals surface area contributed by atoms with Crippen molar-refractivity contribution in [2.75, 3.05) is 12.5 Å². The fourth-order valence-corrected chi connectivity index (χ4v) is 4.95. The van der Waals surface area contributed by atoms with Crippen LogP contribution in [0, 0.1) is 20.8 Å². The molecule has 1 aromatic rings. The van der Waals surface area contributed by atoms with E-state index in [1.54, 1.807) is 13.8 Å². The quantitative estimate of drug-likeness (QED) is 0.620. The van der Waals surface area contributed by atoms with Crippen molar-refractivity contribution < 1.29 is 8.42 Å². The monoisotopic (exact) mass is 303 g/mol. The van der Waals surface area contributed by atoms with E-state index in [2.05, 4.69) is 4.40 Å². The molecule has 0 unspecified atom stereocenters. The van der Waals surface area contributed by atoms with Gasteiger partial charge in [0.1, 0.15) is 4.38 Å². The molecule has 18 heavy (non-hydrogen) atoms. The predicted octanol–water partition coefficient (Wildman–Crippen LogP) is 3.38. The molecule has 0 spiro atoms. The molecule has 0 aliphatic rings. The number of hydrogen-bond donors (Lipinski definition) is 0. The van der Waals surface area contributed by atoms with Crippen LogP contribution >= 0.6 is 23.5 Å². The van der Waals surface area contributed by atoms with E-state index in [4.69, 9.17) is 0 Å². The van der Waals surface area contributed by atoms with E-state index in [9.17, 15) is 8.42 Å². The molecule has 1 rings (SSSR count). The highest BCUT2D eigenvalue weighted by atomic mass is 32.2.